The molecule has 128 valence electrons. The highest BCUT2D eigenvalue weighted by Gasteiger charge is 2.41. The van der Waals surface area contributed by atoms with Gasteiger partial charge in [-0.2, -0.15) is 4.39 Å². The summed E-state index contributed by atoms with van der Waals surface area (Å²) >= 11 is 0. The van der Waals surface area contributed by atoms with E-state index < -0.39 is 41.0 Å². The minimum absolute atomic E-state index is 0.0343. The lowest BCUT2D eigenvalue weighted by atomic mass is 10.1. The molecule has 2 atom stereocenters. The van der Waals surface area contributed by atoms with Crippen LogP contribution in [0.25, 0.3) is 10.9 Å². The summed E-state index contributed by atoms with van der Waals surface area (Å²) in [6.07, 6.45) is 0.0541. The molecule has 0 saturated heterocycles. The van der Waals surface area contributed by atoms with Gasteiger partial charge in [0.05, 0.1) is 30.7 Å². The van der Waals surface area contributed by atoms with Crippen molar-refractivity contribution in [2.45, 2.75) is 25.6 Å². The fourth-order valence-corrected chi connectivity index (χ4v) is 2.67. The lowest BCUT2D eigenvalue weighted by Crippen LogP contribution is -2.22. The van der Waals surface area contributed by atoms with E-state index in [0.717, 1.165) is 13.3 Å². The number of carbonyl (C=O) groups is 1. The Balaban J connectivity index is 2.40. The molecule has 2 aromatic rings. The number of esters is 1. The quantitative estimate of drug-likeness (QED) is 0.803. The maximum Gasteiger partial charge on any atom is 0.343 e. The molecular weight excluding hydrogens is 327 g/mol. The van der Waals surface area contributed by atoms with Gasteiger partial charge in [0.15, 0.2) is 11.6 Å². The Morgan fingerprint density at radius 1 is 1.42 bits per heavy atom. The first-order chi connectivity index (χ1) is 11.4. The van der Waals surface area contributed by atoms with E-state index in [9.17, 15) is 22.8 Å². The first-order valence-electron chi connectivity index (χ1n) is 7.32. The van der Waals surface area contributed by atoms with Crippen LogP contribution in [0.4, 0.5) is 13.2 Å². The van der Waals surface area contributed by atoms with E-state index in [2.05, 4.69) is 0 Å². The normalized spacial score (nSPS) is 19.4. The molecule has 0 bridgehead atoms. The predicted molar refractivity (Wildman–Crippen MR) is 79.2 cm³/mol. The summed E-state index contributed by atoms with van der Waals surface area (Å²) < 4.78 is 52.3. The van der Waals surface area contributed by atoms with E-state index in [1.165, 1.54) is 4.57 Å². The van der Waals surface area contributed by atoms with Gasteiger partial charge in [0.25, 0.3) is 0 Å². The van der Waals surface area contributed by atoms with Gasteiger partial charge in [-0.05, 0) is 13.0 Å². The molecular formula is C16H14F3NO4. The van der Waals surface area contributed by atoms with Gasteiger partial charge in [0, 0.05) is 12.6 Å². The highest BCUT2D eigenvalue weighted by Crippen LogP contribution is 2.43. The smallest absolute Gasteiger partial charge is 0.343 e. The maximum atomic E-state index is 14.0. The number of aromatic nitrogens is 1. The van der Waals surface area contributed by atoms with Crippen LogP contribution in [0.3, 0.4) is 0 Å². The molecule has 0 N–H and O–H groups in total. The number of methoxy groups -OCH3 is 1. The van der Waals surface area contributed by atoms with Crippen LogP contribution in [0.2, 0.25) is 0 Å². The van der Waals surface area contributed by atoms with Crippen LogP contribution in [0, 0.1) is 11.6 Å². The standard InChI is InChI=1S/C16H14F3NO4/c1-3-24-16(22)8-6-20(11-5-9(11)17)13-7(14(8)21)4-10(18)12(19)15(13)23-2/h4,6,9,11H,3,5H2,1-2H3. The summed E-state index contributed by atoms with van der Waals surface area (Å²) in [6.45, 7) is 1.60. The minimum atomic E-state index is -1.29. The maximum absolute atomic E-state index is 14.0. The number of hydrogen-bond acceptors (Lipinski definition) is 4. The van der Waals surface area contributed by atoms with Gasteiger partial charge in [-0.15, -0.1) is 0 Å². The summed E-state index contributed by atoms with van der Waals surface area (Å²) in [7, 11) is 1.12. The molecule has 3 rings (SSSR count). The van der Waals surface area contributed by atoms with Gasteiger partial charge in [0.1, 0.15) is 11.7 Å². The Morgan fingerprint density at radius 3 is 2.62 bits per heavy atom. The van der Waals surface area contributed by atoms with Crippen molar-refractivity contribution in [2.75, 3.05) is 13.7 Å². The van der Waals surface area contributed by atoms with E-state index in [4.69, 9.17) is 9.47 Å². The van der Waals surface area contributed by atoms with Gasteiger partial charge >= 0.3 is 5.97 Å². The third-order valence-electron chi connectivity index (χ3n) is 3.90. The van der Waals surface area contributed by atoms with Gasteiger partial charge in [-0.3, -0.25) is 4.79 Å². The number of ether oxygens (including phenoxy) is 2. The molecule has 1 aliphatic rings. The SMILES string of the molecule is CCOC(=O)c1cn(C2CC2F)c2c(OC)c(F)c(F)cc2c1=O. The number of fused-ring (bicyclic) bond motifs is 1. The second-order valence-corrected chi connectivity index (χ2v) is 5.42. The number of halogens is 3. The Hall–Kier alpha value is -2.51. The van der Waals surface area contributed by atoms with E-state index >= 15 is 0 Å². The number of nitrogens with zero attached hydrogens (tertiary/aromatic N) is 1. The largest absolute Gasteiger partial charge is 0.491 e. The highest BCUT2D eigenvalue weighted by molar-refractivity contribution is 5.95. The van der Waals surface area contributed by atoms with Crippen LogP contribution >= 0.6 is 0 Å². The van der Waals surface area contributed by atoms with Gasteiger partial charge < -0.3 is 14.0 Å². The monoisotopic (exact) mass is 341 g/mol. The molecule has 0 aliphatic heterocycles. The second kappa shape index (κ2) is 5.85. The van der Waals surface area contributed by atoms with Crippen molar-refractivity contribution in [2.24, 2.45) is 0 Å². The molecule has 5 nitrogen and oxygen atoms in total. The average Bonchev–Trinajstić information content (AvgIpc) is 3.26. The first kappa shape index (κ1) is 16.4. The zero-order valence-electron chi connectivity index (χ0n) is 12.9. The Labute approximate surface area is 134 Å². The zero-order valence-corrected chi connectivity index (χ0v) is 12.9. The van der Waals surface area contributed by atoms with Crippen LogP contribution in [0.15, 0.2) is 17.1 Å². The number of benzene rings is 1. The third-order valence-corrected chi connectivity index (χ3v) is 3.90. The zero-order chi connectivity index (χ0) is 17.6. The minimum Gasteiger partial charge on any atom is -0.491 e. The number of alkyl halides is 1. The molecule has 1 aromatic heterocycles. The molecule has 0 spiro atoms. The summed E-state index contributed by atoms with van der Waals surface area (Å²) in [5.41, 5.74) is -1.27. The van der Waals surface area contributed by atoms with E-state index in [0.29, 0.717) is 6.07 Å². The van der Waals surface area contributed by atoms with Crippen LogP contribution in [-0.2, 0) is 4.74 Å². The Bertz CT molecular complexity index is 893. The molecule has 8 heteroatoms. The highest BCUT2D eigenvalue weighted by atomic mass is 19.2. The lowest BCUT2D eigenvalue weighted by Gasteiger charge is -2.16. The van der Waals surface area contributed by atoms with Crippen molar-refractivity contribution in [3.8, 4) is 5.75 Å². The number of pyridine rings is 1. The first-order valence-corrected chi connectivity index (χ1v) is 7.32. The molecule has 1 aromatic carbocycles. The van der Waals surface area contributed by atoms with E-state index in [1.54, 1.807) is 6.92 Å². The number of carbonyl (C=O) groups excluding carboxylic acids is 1. The molecule has 1 saturated carbocycles. The van der Waals surface area contributed by atoms with Crippen LogP contribution in [0.5, 0.6) is 5.75 Å². The topological polar surface area (TPSA) is 57.5 Å². The molecule has 1 aliphatic carbocycles. The van der Waals surface area contributed by atoms with Crippen molar-refractivity contribution in [3.05, 3.63) is 39.7 Å². The fraction of sp³-hybridized carbons (Fsp3) is 0.375. The summed E-state index contributed by atoms with van der Waals surface area (Å²) in [4.78, 5) is 24.5. The Morgan fingerprint density at radius 2 is 2.08 bits per heavy atom. The fourth-order valence-electron chi connectivity index (χ4n) is 2.67. The third kappa shape index (κ3) is 2.42. The molecule has 1 fully saturated rings. The van der Waals surface area contributed by atoms with Gasteiger partial charge in [-0.25, -0.2) is 13.6 Å². The van der Waals surface area contributed by atoms with Crippen LogP contribution in [-0.4, -0.2) is 30.4 Å². The summed E-state index contributed by atoms with van der Waals surface area (Å²) in [5.74, 6) is -3.98. The number of rotatable bonds is 4. The van der Waals surface area contributed by atoms with E-state index in [-0.39, 0.29) is 29.5 Å². The molecule has 0 radical (unpaired) electrons. The van der Waals surface area contributed by atoms with Crippen molar-refractivity contribution in [3.63, 3.8) is 0 Å². The summed E-state index contributed by atoms with van der Waals surface area (Å²) in [6, 6.07) is 0.00436. The van der Waals surface area contributed by atoms with Crippen molar-refractivity contribution >= 4 is 16.9 Å². The second-order valence-electron chi connectivity index (χ2n) is 5.42. The Kier molecular flexibility index (Phi) is 3.98. The van der Waals surface area contributed by atoms with Crippen LogP contribution < -0.4 is 10.2 Å². The molecule has 2 unspecified atom stereocenters. The number of hydrogen-bond donors (Lipinski definition) is 0. The average molecular weight is 341 g/mol. The van der Waals surface area contributed by atoms with Crippen molar-refractivity contribution in [1.29, 1.82) is 0 Å². The van der Waals surface area contributed by atoms with Gasteiger partial charge in [-0.1, -0.05) is 0 Å². The van der Waals surface area contributed by atoms with E-state index in [1.807, 2.05) is 0 Å². The van der Waals surface area contributed by atoms with Crippen molar-refractivity contribution < 1.29 is 27.4 Å². The van der Waals surface area contributed by atoms with Crippen molar-refractivity contribution in [1.82, 2.24) is 4.57 Å². The molecule has 1 heterocycles. The summed E-state index contributed by atoms with van der Waals surface area (Å²) in [5, 5.41) is -0.268. The molecule has 0 amide bonds. The van der Waals surface area contributed by atoms with Gasteiger partial charge in [0.2, 0.25) is 11.2 Å². The lowest BCUT2D eigenvalue weighted by molar-refractivity contribution is 0.0524. The predicted octanol–water partition coefficient (Wildman–Crippen LogP) is 2.75. The molecule has 24 heavy (non-hydrogen) atoms. The van der Waals surface area contributed by atoms with Crippen LogP contribution in [0.1, 0.15) is 29.7 Å².